The van der Waals surface area contributed by atoms with Crippen LogP contribution in [0.2, 0.25) is 0 Å². The molecule has 0 atom stereocenters. The number of alkyl halides is 3. The van der Waals surface area contributed by atoms with Crippen molar-refractivity contribution < 1.29 is 42.1 Å². The Kier molecular flexibility index (Phi) is 10.3. The summed E-state index contributed by atoms with van der Waals surface area (Å²) in [6.07, 6.45) is -1.44. The van der Waals surface area contributed by atoms with E-state index in [1.54, 1.807) is 24.5 Å². The standard InChI is InChI=1S/C26H20F4N.C11H7FN.Ir/c1-25(2,3)20-9-5-4-8-19(20)16-11-12-31-23(15-16)18-13-17-7-6-10-22(27)24(17)21(14-18)26(28,29)30;12-10-6-4-9(5-7-10)11-3-1-2-8-13-11;/h4-12,14-15H,1-3H3;1-4,6-8H;/q2*-1;. The SMILES string of the molecule is CC(C)(C)c1ccccc1-c1ccnc(-c2[c-]c3cccc(F)c3c(C(F)(F)F)c2)c1.Fc1c[c-]c(-c2ccccn2)cc1.[Ir]. The van der Waals surface area contributed by atoms with E-state index in [2.05, 4.69) is 42.9 Å². The molecule has 0 saturated carbocycles. The molecule has 45 heavy (non-hydrogen) atoms. The van der Waals surface area contributed by atoms with Gasteiger partial charge in [-0.2, -0.15) is 13.2 Å². The Balaban J connectivity index is 0.000000275. The van der Waals surface area contributed by atoms with Gasteiger partial charge in [-0.25, -0.2) is 4.39 Å². The van der Waals surface area contributed by atoms with Gasteiger partial charge in [-0.05, 0) is 56.9 Å². The topological polar surface area (TPSA) is 25.8 Å². The average Bonchev–Trinajstić information content (AvgIpc) is 3.01. The zero-order valence-corrected chi connectivity index (χ0v) is 26.9. The Bertz CT molecular complexity index is 1900. The van der Waals surface area contributed by atoms with Crippen molar-refractivity contribution in [1.82, 2.24) is 9.97 Å². The van der Waals surface area contributed by atoms with Crippen LogP contribution in [0.5, 0.6) is 0 Å². The molecule has 8 heteroatoms. The molecular weight excluding hydrogens is 760 g/mol. The molecule has 4 aromatic carbocycles. The molecule has 231 valence electrons. The first kappa shape index (κ1) is 33.6. The van der Waals surface area contributed by atoms with Crippen molar-refractivity contribution in [3.63, 3.8) is 0 Å². The molecule has 0 bridgehead atoms. The minimum Gasteiger partial charge on any atom is -0.305 e. The molecule has 0 saturated heterocycles. The van der Waals surface area contributed by atoms with Crippen molar-refractivity contribution in [2.24, 2.45) is 0 Å². The number of benzene rings is 4. The zero-order valence-electron chi connectivity index (χ0n) is 24.5. The summed E-state index contributed by atoms with van der Waals surface area (Å²) < 4.78 is 67.9. The predicted octanol–water partition coefficient (Wildman–Crippen LogP) is 10.5. The Hall–Kier alpha value is -4.26. The summed E-state index contributed by atoms with van der Waals surface area (Å²) in [4.78, 5) is 8.41. The van der Waals surface area contributed by atoms with Gasteiger partial charge >= 0.3 is 6.18 Å². The van der Waals surface area contributed by atoms with Crippen molar-refractivity contribution in [3.05, 3.63) is 144 Å². The summed E-state index contributed by atoms with van der Waals surface area (Å²) >= 11 is 0. The summed E-state index contributed by atoms with van der Waals surface area (Å²) in [5.41, 5.74) is 3.93. The second kappa shape index (κ2) is 13.8. The Labute approximate surface area is 272 Å². The fourth-order valence-corrected chi connectivity index (χ4v) is 4.88. The van der Waals surface area contributed by atoms with Gasteiger partial charge < -0.3 is 4.98 Å². The molecule has 2 nitrogen and oxygen atoms in total. The van der Waals surface area contributed by atoms with E-state index >= 15 is 0 Å². The number of rotatable bonds is 3. The molecule has 6 rings (SSSR count). The predicted molar refractivity (Wildman–Crippen MR) is 164 cm³/mol. The van der Waals surface area contributed by atoms with E-state index in [1.807, 2.05) is 48.5 Å². The van der Waals surface area contributed by atoms with E-state index in [4.69, 9.17) is 0 Å². The second-order valence-corrected chi connectivity index (χ2v) is 11.1. The molecule has 0 aliphatic carbocycles. The maximum absolute atomic E-state index is 14.2. The van der Waals surface area contributed by atoms with Gasteiger partial charge in [-0.3, -0.25) is 9.37 Å². The van der Waals surface area contributed by atoms with Crippen LogP contribution in [0.4, 0.5) is 22.0 Å². The zero-order chi connectivity index (χ0) is 31.5. The Morgan fingerprint density at radius 2 is 1.40 bits per heavy atom. The summed E-state index contributed by atoms with van der Waals surface area (Å²) in [5.74, 6) is -1.20. The van der Waals surface area contributed by atoms with E-state index in [1.165, 1.54) is 24.3 Å². The van der Waals surface area contributed by atoms with Gasteiger partial charge in [0.2, 0.25) is 0 Å². The molecule has 2 heterocycles. The third-order valence-corrected chi connectivity index (χ3v) is 6.94. The second-order valence-electron chi connectivity index (χ2n) is 11.1. The van der Waals surface area contributed by atoms with Gasteiger partial charge in [-0.15, -0.1) is 53.4 Å². The van der Waals surface area contributed by atoms with Gasteiger partial charge in [0.05, 0.1) is 5.82 Å². The summed E-state index contributed by atoms with van der Waals surface area (Å²) in [5, 5.41) is -0.417. The van der Waals surface area contributed by atoms with Crippen LogP contribution in [0.3, 0.4) is 0 Å². The van der Waals surface area contributed by atoms with Crippen LogP contribution in [0.15, 0.2) is 109 Å². The number of pyridine rings is 2. The molecule has 0 N–H and O–H groups in total. The Morgan fingerprint density at radius 1 is 0.667 bits per heavy atom. The minimum absolute atomic E-state index is 0. The van der Waals surface area contributed by atoms with E-state index < -0.39 is 22.9 Å². The average molecular weight is 787 g/mol. The molecule has 2 aromatic heterocycles. The van der Waals surface area contributed by atoms with Gasteiger partial charge in [0.25, 0.3) is 0 Å². The number of hydrogen-bond acceptors (Lipinski definition) is 2. The number of aromatic nitrogens is 2. The first-order valence-electron chi connectivity index (χ1n) is 13.8. The van der Waals surface area contributed by atoms with Crippen LogP contribution in [-0.2, 0) is 31.7 Å². The van der Waals surface area contributed by atoms with Crippen LogP contribution < -0.4 is 0 Å². The maximum Gasteiger partial charge on any atom is 0.403 e. The fourth-order valence-electron chi connectivity index (χ4n) is 4.88. The van der Waals surface area contributed by atoms with Crippen LogP contribution in [-0.4, -0.2) is 9.97 Å². The molecule has 0 spiro atoms. The largest absolute Gasteiger partial charge is 0.403 e. The molecule has 0 fully saturated rings. The van der Waals surface area contributed by atoms with Crippen molar-refractivity contribution in [3.8, 4) is 33.6 Å². The van der Waals surface area contributed by atoms with Crippen molar-refractivity contribution in [2.45, 2.75) is 32.4 Å². The number of halogens is 5. The van der Waals surface area contributed by atoms with Crippen LogP contribution in [0.1, 0.15) is 31.9 Å². The smallest absolute Gasteiger partial charge is 0.305 e. The number of fused-ring (bicyclic) bond motifs is 1. The minimum atomic E-state index is -4.71. The molecule has 1 radical (unpaired) electrons. The van der Waals surface area contributed by atoms with Crippen molar-refractivity contribution in [2.75, 3.05) is 0 Å². The maximum atomic E-state index is 14.2. The summed E-state index contributed by atoms with van der Waals surface area (Å²) in [7, 11) is 0. The van der Waals surface area contributed by atoms with Gasteiger partial charge in [0.15, 0.2) is 0 Å². The third-order valence-electron chi connectivity index (χ3n) is 6.94. The van der Waals surface area contributed by atoms with Gasteiger partial charge in [0, 0.05) is 44.0 Å². The fraction of sp³-hybridized carbons (Fsp3) is 0.135. The van der Waals surface area contributed by atoms with Crippen LogP contribution >= 0.6 is 0 Å². The normalized spacial score (nSPS) is 11.4. The van der Waals surface area contributed by atoms with E-state index in [0.717, 1.165) is 40.1 Å². The molecule has 6 aromatic rings. The first-order valence-corrected chi connectivity index (χ1v) is 13.8. The summed E-state index contributed by atoms with van der Waals surface area (Å²) in [6.45, 7) is 6.32. The van der Waals surface area contributed by atoms with E-state index in [-0.39, 0.29) is 42.3 Å². The van der Waals surface area contributed by atoms with Gasteiger partial charge in [-0.1, -0.05) is 74.9 Å². The number of nitrogens with zero attached hydrogens (tertiary/aromatic N) is 2. The van der Waals surface area contributed by atoms with Crippen molar-refractivity contribution in [1.29, 1.82) is 0 Å². The number of hydrogen-bond donors (Lipinski definition) is 0. The Morgan fingerprint density at radius 3 is 2.07 bits per heavy atom. The third kappa shape index (κ3) is 7.88. The van der Waals surface area contributed by atoms with Crippen LogP contribution in [0.25, 0.3) is 44.4 Å². The van der Waals surface area contributed by atoms with E-state index in [0.29, 0.717) is 5.69 Å². The molecule has 0 amide bonds. The van der Waals surface area contributed by atoms with Gasteiger partial charge in [0.1, 0.15) is 0 Å². The van der Waals surface area contributed by atoms with Crippen LogP contribution in [0, 0.1) is 23.8 Å². The molecule has 0 unspecified atom stereocenters. The monoisotopic (exact) mass is 787 g/mol. The van der Waals surface area contributed by atoms with Crippen molar-refractivity contribution >= 4 is 10.8 Å². The molecular formula is C37H27F5IrN2-2. The molecule has 0 aliphatic heterocycles. The summed E-state index contributed by atoms with van der Waals surface area (Å²) in [6, 6.07) is 32.0. The first-order chi connectivity index (χ1) is 20.9. The van der Waals surface area contributed by atoms with E-state index in [9.17, 15) is 22.0 Å². The quantitative estimate of drug-likeness (QED) is 0.132. The molecule has 0 aliphatic rings.